The summed E-state index contributed by atoms with van der Waals surface area (Å²) in [7, 11) is -3.59. The lowest BCUT2D eigenvalue weighted by molar-refractivity contribution is -0.141. The average Bonchev–Trinajstić information content (AvgIpc) is 2.94. The molecule has 0 aliphatic rings. The summed E-state index contributed by atoms with van der Waals surface area (Å²) in [6.07, 6.45) is 2.59. The number of amides is 2. The molecule has 0 fully saturated rings. The summed E-state index contributed by atoms with van der Waals surface area (Å²) in [5.74, 6) is -0.440. The van der Waals surface area contributed by atoms with Crippen molar-refractivity contribution in [3.8, 4) is 0 Å². The van der Waals surface area contributed by atoms with Crippen LogP contribution in [0.1, 0.15) is 44.2 Å². The van der Waals surface area contributed by atoms with Crippen molar-refractivity contribution in [2.45, 2.75) is 58.2 Å². The summed E-state index contributed by atoms with van der Waals surface area (Å²) in [4.78, 5) is 29.1. The van der Waals surface area contributed by atoms with E-state index in [-0.39, 0.29) is 43.8 Å². The lowest BCUT2D eigenvalue weighted by Gasteiger charge is -2.32. The second kappa shape index (κ2) is 15.4. The van der Waals surface area contributed by atoms with Crippen LogP contribution in [-0.4, -0.2) is 50.0 Å². The topological polar surface area (TPSA) is 86.8 Å². The zero-order chi connectivity index (χ0) is 30.0. The molecule has 1 N–H and O–H groups in total. The van der Waals surface area contributed by atoms with Crippen LogP contribution in [0.2, 0.25) is 5.02 Å². The Morgan fingerprint density at radius 3 is 2.17 bits per heavy atom. The van der Waals surface area contributed by atoms with Gasteiger partial charge in [0.25, 0.3) is 0 Å². The minimum absolute atomic E-state index is 0.0481. The maximum Gasteiger partial charge on any atom is 0.243 e. The van der Waals surface area contributed by atoms with Crippen LogP contribution in [0, 0.1) is 0 Å². The van der Waals surface area contributed by atoms with Gasteiger partial charge in [0.1, 0.15) is 6.04 Å². The zero-order valence-electron chi connectivity index (χ0n) is 23.6. The number of nitrogens with one attached hydrogen (secondary N) is 1. The Balaban J connectivity index is 1.88. The van der Waals surface area contributed by atoms with Crippen molar-refractivity contribution in [2.75, 3.05) is 17.1 Å². The molecule has 0 radical (unpaired) electrons. The van der Waals surface area contributed by atoms with E-state index >= 15 is 0 Å². The number of hydrogen-bond acceptors (Lipinski definition) is 4. The number of nitrogens with zero attached hydrogens (tertiary/aromatic N) is 2. The monoisotopic (exact) mass is 661 g/mol. The van der Waals surface area contributed by atoms with E-state index in [1.54, 1.807) is 29.2 Å². The molecule has 41 heavy (non-hydrogen) atoms. The van der Waals surface area contributed by atoms with Gasteiger partial charge in [0.2, 0.25) is 21.8 Å². The van der Waals surface area contributed by atoms with Crippen LogP contribution in [0.15, 0.2) is 83.3 Å². The standard InChI is InChI=1S/C31H37BrClN3O4S/c1-4-23(2)34-31(38)29(21-24-9-6-5-7-10-24)35(22-25-12-14-26(32)15-13-25)30(37)11-8-20-36(41(3,39)40)28-18-16-27(33)17-19-28/h5-7,9-10,12-19,23,29H,4,8,11,20-22H2,1-3H3,(H,34,38)/t23-,29-/m0/s1. The van der Waals surface area contributed by atoms with Gasteiger partial charge in [0, 0.05) is 41.5 Å². The van der Waals surface area contributed by atoms with Gasteiger partial charge in [-0.3, -0.25) is 13.9 Å². The first-order chi connectivity index (χ1) is 19.5. The van der Waals surface area contributed by atoms with Gasteiger partial charge in [-0.1, -0.05) is 76.9 Å². The smallest absolute Gasteiger partial charge is 0.243 e. The fraction of sp³-hybridized carbons (Fsp3) is 0.355. The summed E-state index contributed by atoms with van der Waals surface area (Å²) in [5.41, 5.74) is 2.30. The number of hydrogen-bond donors (Lipinski definition) is 1. The fourth-order valence-electron chi connectivity index (χ4n) is 4.39. The van der Waals surface area contributed by atoms with Crippen molar-refractivity contribution in [3.63, 3.8) is 0 Å². The Kier molecular flexibility index (Phi) is 12.2. The Labute approximate surface area is 257 Å². The van der Waals surface area contributed by atoms with Gasteiger partial charge in [-0.2, -0.15) is 0 Å². The van der Waals surface area contributed by atoms with Gasteiger partial charge in [0.15, 0.2) is 0 Å². The van der Waals surface area contributed by atoms with E-state index in [0.717, 1.165) is 28.3 Å². The highest BCUT2D eigenvalue weighted by molar-refractivity contribution is 9.10. The molecule has 0 unspecified atom stereocenters. The Morgan fingerprint density at radius 2 is 1.59 bits per heavy atom. The molecule has 220 valence electrons. The third-order valence-electron chi connectivity index (χ3n) is 6.81. The van der Waals surface area contributed by atoms with Crippen molar-refractivity contribution in [1.82, 2.24) is 10.2 Å². The van der Waals surface area contributed by atoms with Crippen molar-refractivity contribution in [1.29, 1.82) is 0 Å². The summed E-state index contributed by atoms with van der Waals surface area (Å²) < 4.78 is 27.3. The molecular formula is C31H37BrClN3O4S. The molecule has 0 aliphatic heterocycles. The van der Waals surface area contributed by atoms with Gasteiger partial charge < -0.3 is 10.2 Å². The number of anilines is 1. The van der Waals surface area contributed by atoms with E-state index in [9.17, 15) is 18.0 Å². The summed E-state index contributed by atoms with van der Waals surface area (Å²) >= 11 is 9.44. The van der Waals surface area contributed by atoms with Crippen molar-refractivity contribution in [2.24, 2.45) is 0 Å². The summed E-state index contributed by atoms with van der Waals surface area (Å²) in [6, 6.07) is 23.0. The van der Waals surface area contributed by atoms with E-state index in [1.165, 1.54) is 4.31 Å². The molecule has 0 bridgehead atoms. The van der Waals surface area contributed by atoms with E-state index in [4.69, 9.17) is 11.6 Å². The lowest BCUT2D eigenvalue weighted by atomic mass is 10.0. The number of sulfonamides is 1. The molecule has 3 aromatic rings. The van der Waals surface area contributed by atoms with Gasteiger partial charge >= 0.3 is 0 Å². The molecule has 0 spiro atoms. The zero-order valence-corrected chi connectivity index (χ0v) is 26.8. The molecule has 0 aliphatic carbocycles. The van der Waals surface area contributed by atoms with Crippen LogP contribution in [0.25, 0.3) is 0 Å². The highest BCUT2D eigenvalue weighted by atomic mass is 79.9. The Bertz CT molecular complexity index is 1390. The van der Waals surface area contributed by atoms with Gasteiger partial charge in [-0.25, -0.2) is 8.42 Å². The number of carbonyl (C=O) groups is 2. The highest BCUT2D eigenvalue weighted by Crippen LogP contribution is 2.22. The second-order valence-corrected chi connectivity index (χ2v) is 13.3. The van der Waals surface area contributed by atoms with Crippen LogP contribution in [-0.2, 0) is 32.6 Å². The first-order valence-corrected chi connectivity index (χ1v) is 16.6. The molecule has 2 amide bonds. The number of halogens is 2. The van der Waals surface area contributed by atoms with E-state index in [1.807, 2.05) is 68.4 Å². The molecule has 0 saturated heterocycles. The molecular weight excluding hydrogens is 626 g/mol. The molecule has 2 atom stereocenters. The number of rotatable bonds is 14. The minimum atomic E-state index is -3.59. The predicted molar refractivity (Wildman–Crippen MR) is 169 cm³/mol. The van der Waals surface area contributed by atoms with Gasteiger partial charge in [-0.05, 0) is 67.3 Å². The van der Waals surface area contributed by atoms with Crippen LogP contribution in [0.3, 0.4) is 0 Å². The van der Waals surface area contributed by atoms with E-state index in [0.29, 0.717) is 17.1 Å². The average molecular weight is 663 g/mol. The molecule has 7 nitrogen and oxygen atoms in total. The highest BCUT2D eigenvalue weighted by Gasteiger charge is 2.31. The Hall–Kier alpha value is -2.88. The van der Waals surface area contributed by atoms with Gasteiger partial charge in [0.05, 0.1) is 11.9 Å². The Morgan fingerprint density at radius 1 is 0.951 bits per heavy atom. The molecule has 3 aromatic carbocycles. The SMILES string of the molecule is CC[C@H](C)NC(=O)[C@H](Cc1ccccc1)N(Cc1ccc(Br)cc1)C(=O)CCCN(c1ccc(Cl)cc1)S(C)(=O)=O. The van der Waals surface area contributed by atoms with Crippen molar-refractivity contribution >= 4 is 55.1 Å². The third kappa shape index (κ3) is 10.2. The van der Waals surface area contributed by atoms with E-state index in [2.05, 4.69) is 21.2 Å². The van der Waals surface area contributed by atoms with Crippen molar-refractivity contribution < 1.29 is 18.0 Å². The van der Waals surface area contributed by atoms with Crippen molar-refractivity contribution in [3.05, 3.63) is 99.5 Å². The first-order valence-electron chi connectivity index (χ1n) is 13.6. The summed E-state index contributed by atoms with van der Waals surface area (Å²) in [6.45, 7) is 4.29. The minimum Gasteiger partial charge on any atom is -0.352 e. The van der Waals surface area contributed by atoms with Crippen LogP contribution in [0.5, 0.6) is 0 Å². The lowest BCUT2D eigenvalue weighted by Crippen LogP contribution is -2.52. The molecule has 0 saturated carbocycles. The maximum atomic E-state index is 13.9. The molecule has 3 rings (SSSR count). The largest absolute Gasteiger partial charge is 0.352 e. The van der Waals surface area contributed by atoms with Crippen LogP contribution < -0.4 is 9.62 Å². The molecule has 0 aromatic heterocycles. The first kappa shape index (κ1) is 32.6. The molecule has 0 heterocycles. The predicted octanol–water partition coefficient (Wildman–Crippen LogP) is 6.20. The normalized spacial score (nSPS) is 12.8. The van der Waals surface area contributed by atoms with Crippen LogP contribution in [0.4, 0.5) is 5.69 Å². The summed E-state index contributed by atoms with van der Waals surface area (Å²) in [5, 5.41) is 3.56. The maximum absolute atomic E-state index is 13.9. The fourth-order valence-corrected chi connectivity index (χ4v) is 5.75. The quantitative estimate of drug-likeness (QED) is 0.223. The second-order valence-electron chi connectivity index (χ2n) is 10.1. The van der Waals surface area contributed by atoms with Gasteiger partial charge in [-0.15, -0.1) is 0 Å². The van der Waals surface area contributed by atoms with E-state index < -0.39 is 16.1 Å². The molecule has 10 heteroatoms. The van der Waals surface area contributed by atoms with Crippen LogP contribution >= 0.6 is 27.5 Å². The third-order valence-corrected chi connectivity index (χ3v) is 8.78. The number of carbonyl (C=O) groups excluding carboxylic acids is 2. The number of benzene rings is 3.